The van der Waals surface area contributed by atoms with Crippen LogP contribution in [0.2, 0.25) is 0 Å². The number of hydrogen-bond acceptors (Lipinski definition) is 2. The first-order valence-corrected chi connectivity index (χ1v) is 6.81. The number of benzene rings is 1. The third kappa shape index (κ3) is 5.65. The molecule has 0 aliphatic heterocycles. The van der Waals surface area contributed by atoms with Crippen molar-refractivity contribution in [3.05, 3.63) is 34.9 Å². The van der Waals surface area contributed by atoms with E-state index in [0.717, 1.165) is 25.9 Å². The maximum absolute atomic E-state index is 6.00. The molecule has 0 saturated carbocycles. The molecule has 102 valence electrons. The summed E-state index contributed by atoms with van der Waals surface area (Å²) in [5.74, 6) is 0. The zero-order chi connectivity index (χ0) is 13.8. The molecule has 18 heavy (non-hydrogen) atoms. The minimum atomic E-state index is -0.0411. The van der Waals surface area contributed by atoms with Gasteiger partial charge in [0.2, 0.25) is 0 Å². The minimum Gasteiger partial charge on any atom is -0.326 e. The Kier molecular flexibility index (Phi) is 5.36. The first kappa shape index (κ1) is 15.2. The van der Waals surface area contributed by atoms with Gasteiger partial charge in [-0.3, -0.25) is 0 Å². The lowest BCUT2D eigenvalue weighted by Crippen LogP contribution is -2.33. The van der Waals surface area contributed by atoms with Crippen LogP contribution < -0.4 is 5.73 Å². The normalized spacial score (nSPS) is 12.2. The van der Waals surface area contributed by atoms with Crippen molar-refractivity contribution in [2.45, 2.75) is 52.6 Å². The third-order valence-electron chi connectivity index (χ3n) is 3.30. The van der Waals surface area contributed by atoms with Gasteiger partial charge in [-0.05, 0) is 65.3 Å². The zero-order valence-electron chi connectivity index (χ0n) is 12.6. The third-order valence-corrected chi connectivity index (χ3v) is 3.30. The van der Waals surface area contributed by atoms with E-state index in [2.05, 4.69) is 57.8 Å². The van der Waals surface area contributed by atoms with Gasteiger partial charge in [0.1, 0.15) is 0 Å². The van der Waals surface area contributed by atoms with Crippen LogP contribution >= 0.6 is 0 Å². The summed E-state index contributed by atoms with van der Waals surface area (Å²) in [5, 5.41) is 0. The van der Waals surface area contributed by atoms with E-state index in [1.54, 1.807) is 0 Å². The van der Waals surface area contributed by atoms with Crippen LogP contribution in [0.5, 0.6) is 0 Å². The number of rotatable bonds is 6. The molecular formula is C16H28N2. The molecule has 0 atom stereocenters. The summed E-state index contributed by atoms with van der Waals surface area (Å²) < 4.78 is 0. The van der Waals surface area contributed by atoms with E-state index >= 15 is 0 Å². The Hall–Kier alpha value is -0.860. The Morgan fingerprint density at radius 2 is 1.89 bits per heavy atom. The molecule has 0 unspecified atom stereocenters. The fraction of sp³-hybridized carbons (Fsp3) is 0.625. The second kappa shape index (κ2) is 6.35. The van der Waals surface area contributed by atoms with Crippen molar-refractivity contribution in [3.63, 3.8) is 0 Å². The van der Waals surface area contributed by atoms with Crippen molar-refractivity contribution in [3.8, 4) is 0 Å². The van der Waals surface area contributed by atoms with Crippen LogP contribution in [0.1, 0.15) is 43.4 Å². The van der Waals surface area contributed by atoms with Crippen LogP contribution in [0.25, 0.3) is 0 Å². The van der Waals surface area contributed by atoms with Crippen molar-refractivity contribution in [1.29, 1.82) is 0 Å². The number of nitrogens with zero attached hydrogens (tertiary/aromatic N) is 1. The summed E-state index contributed by atoms with van der Waals surface area (Å²) in [6.07, 6.45) is 2.23. The predicted octanol–water partition coefficient (Wildman–Crippen LogP) is 3.25. The number of nitrogens with two attached hydrogens (primary N) is 1. The van der Waals surface area contributed by atoms with E-state index in [4.69, 9.17) is 5.73 Å². The van der Waals surface area contributed by atoms with Crippen molar-refractivity contribution in [2.75, 3.05) is 13.6 Å². The Morgan fingerprint density at radius 3 is 2.44 bits per heavy atom. The van der Waals surface area contributed by atoms with E-state index in [-0.39, 0.29) is 5.54 Å². The fourth-order valence-corrected chi connectivity index (χ4v) is 2.20. The average molecular weight is 248 g/mol. The smallest absolute Gasteiger partial charge is 0.0233 e. The van der Waals surface area contributed by atoms with Gasteiger partial charge in [0.25, 0.3) is 0 Å². The molecule has 1 rings (SSSR count). The Labute approximate surface area is 112 Å². The highest BCUT2D eigenvalue weighted by Gasteiger charge is 2.10. The first-order chi connectivity index (χ1) is 8.28. The summed E-state index contributed by atoms with van der Waals surface area (Å²) in [6.45, 7) is 10.7. The van der Waals surface area contributed by atoms with Crippen molar-refractivity contribution in [1.82, 2.24) is 4.90 Å². The predicted molar refractivity (Wildman–Crippen MR) is 79.8 cm³/mol. The average Bonchev–Trinajstić information content (AvgIpc) is 2.20. The van der Waals surface area contributed by atoms with E-state index in [9.17, 15) is 0 Å². The molecule has 2 N–H and O–H groups in total. The molecule has 2 nitrogen and oxygen atoms in total. The Balaban J connectivity index is 2.42. The number of hydrogen-bond donors (Lipinski definition) is 1. The van der Waals surface area contributed by atoms with Gasteiger partial charge < -0.3 is 10.6 Å². The van der Waals surface area contributed by atoms with Crippen LogP contribution in [0.4, 0.5) is 0 Å². The van der Waals surface area contributed by atoms with Gasteiger partial charge in [-0.25, -0.2) is 0 Å². The molecule has 0 aliphatic rings. The summed E-state index contributed by atoms with van der Waals surface area (Å²) in [6, 6.07) is 6.69. The highest BCUT2D eigenvalue weighted by Crippen LogP contribution is 2.13. The van der Waals surface area contributed by atoms with Crippen LogP contribution in [0.15, 0.2) is 18.2 Å². The highest BCUT2D eigenvalue weighted by molar-refractivity contribution is 5.30. The maximum Gasteiger partial charge on any atom is 0.0233 e. The molecule has 0 spiro atoms. The molecule has 0 radical (unpaired) electrons. The first-order valence-electron chi connectivity index (χ1n) is 6.81. The van der Waals surface area contributed by atoms with E-state index in [0.29, 0.717) is 0 Å². The molecule has 0 bridgehead atoms. The van der Waals surface area contributed by atoms with Crippen LogP contribution in [-0.2, 0) is 6.54 Å². The molecule has 2 heteroatoms. The molecule has 0 aliphatic carbocycles. The highest BCUT2D eigenvalue weighted by atomic mass is 15.1. The van der Waals surface area contributed by atoms with E-state index < -0.39 is 0 Å². The monoisotopic (exact) mass is 248 g/mol. The Morgan fingerprint density at radius 1 is 1.22 bits per heavy atom. The van der Waals surface area contributed by atoms with E-state index in [1.165, 1.54) is 16.7 Å². The summed E-state index contributed by atoms with van der Waals surface area (Å²) in [5.41, 5.74) is 10.1. The van der Waals surface area contributed by atoms with Gasteiger partial charge in [-0.2, -0.15) is 0 Å². The van der Waals surface area contributed by atoms with Gasteiger partial charge in [-0.15, -0.1) is 0 Å². The SMILES string of the molecule is Cc1ccc(CN(C)CCCC(C)(C)N)c(C)c1. The lowest BCUT2D eigenvalue weighted by molar-refractivity contribution is 0.302. The molecule has 0 heterocycles. The molecule has 0 amide bonds. The quantitative estimate of drug-likeness (QED) is 0.837. The zero-order valence-corrected chi connectivity index (χ0v) is 12.6. The van der Waals surface area contributed by atoms with Crippen molar-refractivity contribution < 1.29 is 0 Å². The van der Waals surface area contributed by atoms with Gasteiger partial charge in [0.15, 0.2) is 0 Å². The van der Waals surface area contributed by atoms with Gasteiger partial charge in [-0.1, -0.05) is 23.8 Å². The molecule has 0 fully saturated rings. The molecule has 1 aromatic carbocycles. The van der Waals surface area contributed by atoms with Crippen LogP contribution in [0, 0.1) is 13.8 Å². The molecule has 0 saturated heterocycles. The minimum absolute atomic E-state index is 0.0411. The maximum atomic E-state index is 6.00. The largest absolute Gasteiger partial charge is 0.326 e. The fourth-order valence-electron chi connectivity index (χ4n) is 2.20. The van der Waals surface area contributed by atoms with Gasteiger partial charge >= 0.3 is 0 Å². The standard InChI is InChI=1S/C16H28N2/c1-13-7-8-15(14(2)11-13)12-18(5)10-6-9-16(3,4)17/h7-8,11H,6,9-10,12,17H2,1-5H3. The van der Waals surface area contributed by atoms with Gasteiger partial charge in [0, 0.05) is 12.1 Å². The van der Waals surface area contributed by atoms with Crippen LogP contribution in [0.3, 0.4) is 0 Å². The number of aryl methyl sites for hydroxylation is 2. The second-order valence-electron chi connectivity index (χ2n) is 6.26. The Bertz CT molecular complexity index is 377. The molecule has 0 aromatic heterocycles. The second-order valence-corrected chi connectivity index (χ2v) is 6.26. The van der Waals surface area contributed by atoms with Crippen molar-refractivity contribution in [2.24, 2.45) is 5.73 Å². The lowest BCUT2D eigenvalue weighted by Gasteiger charge is -2.22. The topological polar surface area (TPSA) is 29.3 Å². The molecular weight excluding hydrogens is 220 g/mol. The molecule has 1 aromatic rings. The van der Waals surface area contributed by atoms with Gasteiger partial charge in [0.05, 0.1) is 0 Å². The van der Waals surface area contributed by atoms with Crippen molar-refractivity contribution >= 4 is 0 Å². The summed E-state index contributed by atoms with van der Waals surface area (Å²) in [4.78, 5) is 2.38. The van der Waals surface area contributed by atoms with E-state index in [1.807, 2.05) is 0 Å². The summed E-state index contributed by atoms with van der Waals surface area (Å²) in [7, 11) is 2.18. The summed E-state index contributed by atoms with van der Waals surface area (Å²) >= 11 is 0. The lowest BCUT2D eigenvalue weighted by atomic mass is 10.00. The van der Waals surface area contributed by atoms with Crippen LogP contribution in [-0.4, -0.2) is 24.0 Å².